The fourth-order valence-corrected chi connectivity index (χ4v) is 7.32. The van der Waals surface area contributed by atoms with Crippen LogP contribution in [-0.4, -0.2) is 9.13 Å². The largest absolute Gasteiger partial charge is 0.309 e. The molecule has 0 radical (unpaired) electrons. The van der Waals surface area contributed by atoms with E-state index >= 15 is 0 Å². The van der Waals surface area contributed by atoms with Crippen LogP contribution in [0.5, 0.6) is 0 Å². The van der Waals surface area contributed by atoms with E-state index in [0.717, 1.165) is 66.5 Å². The average molecular weight is 611 g/mol. The molecule has 0 saturated carbocycles. The molecular formula is C44H26N4. The van der Waals surface area contributed by atoms with Crippen LogP contribution in [0.25, 0.3) is 77.2 Å². The molecule has 0 unspecified atom stereocenters. The lowest BCUT2D eigenvalue weighted by molar-refractivity contribution is 1.18. The molecule has 222 valence electrons. The monoisotopic (exact) mass is 610 g/mol. The summed E-state index contributed by atoms with van der Waals surface area (Å²) in [6.45, 7) is 0. The van der Waals surface area contributed by atoms with Crippen molar-refractivity contribution >= 4 is 43.6 Å². The Balaban J connectivity index is 1.20. The second-order valence-corrected chi connectivity index (χ2v) is 12.0. The van der Waals surface area contributed by atoms with Gasteiger partial charge in [-0.2, -0.15) is 10.5 Å². The van der Waals surface area contributed by atoms with E-state index < -0.39 is 0 Å². The zero-order valence-electron chi connectivity index (χ0n) is 25.8. The number of rotatable bonds is 4. The standard InChI is InChI=1S/C44H26N4/c45-27-29-20-25-38-37-13-2-5-16-40(37)47(44(38)26-29)31-23-21-30(22-24-31)32-14-9-15-33(39(32)28-46)34-10-1-6-17-41(34)48-42-18-7-3-11-35(42)36-12-4-8-19-43(36)48/h1-26H. The predicted octanol–water partition coefficient (Wildman–Crippen LogP) is 11.0. The maximum Gasteiger partial charge on any atom is 0.100 e. The van der Waals surface area contributed by atoms with Gasteiger partial charge < -0.3 is 9.13 Å². The zero-order chi connectivity index (χ0) is 32.2. The highest BCUT2D eigenvalue weighted by Gasteiger charge is 2.19. The number of aromatic nitrogens is 2. The van der Waals surface area contributed by atoms with Crippen molar-refractivity contribution in [3.8, 4) is 45.8 Å². The summed E-state index contributed by atoms with van der Waals surface area (Å²) in [4.78, 5) is 0. The minimum absolute atomic E-state index is 0.625. The van der Waals surface area contributed by atoms with Crippen molar-refractivity contribution in [1.29, 1.82) is 10.5 Å². The van der Waals surface area contributed by atoms with Gasteiger partial charge in [-0.15, -0.1) is 0 Å². The molecule has 0 N–H and O–H groups in total. The zero-order valence-corrected chi connectivity index (χ0v) is 25.8. The summed E-state index contributed by atoms with van der Waals surface area (Å²) < 4.78 is 4.52. The second-order valence-electron chi connectivity index (χ2n) is 12.0. The Morgan fingerprint density at radius 2 is 0.938 bits per heavy atom. The van der Waals surface area contributed by atoms with E-state index in [1.54, 1.807) is 0 Å². The third-order valence-electron chi connectivity index (χ3n) is 9.43. The SMILES string of the molecule is N#Cc1ccc2c3ccccc3n(-c3ccc(-c4cccc(-c5ccccc5-n5c6ccccc6c6ccccc65)c4C#N)cc3)c2c1. The molecule has 0 saturated heterocycles. The Bertz CT molecular complexity index is 2750. The number of benzene rings is 7. The van der Waals surface area contributed by atoms with Gasteiger partial charge in [0, 0.05) is 43.9 Å². The molecule has 0 atom stereocenters. The van der Waals surface area contributed by atoms with E-state index in [2.05, 4.69) is 124 Å². The van der Waals surface area contributed by atoms with Gasteiger partial charge in [0.2, 0.25) is 0 Å². The van der Waals surface area contributed by atoms with Crippen molar-refractivity contribution in [2.24, 2.45) is 0 Å². The lowest BCUT2D eigenvalue weighted by atomic mass is 9.91. The summed E-state index contributed by atoms with van der Waals surface area (Å²) in [6.07, 6.45) is 0. The van der Waals surface area contributed by atoms with Gasteiger partial charge in [0.05, 0.1) is 45.0 Å². The van der Waals surface area contributed by atoms with Crippen LogP contribution >= 0.6 is 0 Å². The van der Waals surface area contributed by atoms with E-state index in [-0.39, 0.29) is 0 Å². The van der Waals surface area contributed by atoms with Crippen LogP contribution in [0.2, 0.25) is 0 Å². The maximum atomic E-state index is 10.7. The molecule has 0 spiro atoms. The first-order valence-electron chi connectivity index (χ1n) is 15.9. The molecule has 0 fully saturated rings. The summed E-state index contributed by atoms with van der Waals surface area (Å²) in [6, 6.07) is 58.8. The fraction of sp³-hybridized carbons (Fsp3) is 0. The molecular weight excluding hydrogens is 585 g/mol. The first kappa shape index (κ1) is 27.4. The van der Waals surface area contributed by atoms with Gasteiger partial charge in [0.15, 0.2) is 0 Å². The van der Waals surface area contributed by atoms with Crippen molar-refractivity contribution in [2.45, 2.75) is 0 Å². The highest BCUT2D eigenvalue weighted by molar-refractivity contribution is 6.10. The smallest absolute Gasteiger partial charge is 0.100 e. The molecule has 4 nitrogen and oxygen atoms in total. The third-order valence-corrected chi connectivity index (χ3v) is 9.43. The highest BCUT2D eigenvalue weighted by Crippen LogP contribution is 2.39. The van der Waals surface area contributed by atoms with E-state index in [9.17, 15) is 10.5 Å². The summed E-state index contributed by atoms with van der Waals surface area (Å²) in [5.41, 5.74) is 11.3. The van der Waals surface area contributed by atoms with Gasteiger partial charge in [-0.3, -0.25) is 0 Å². The molecule has 0 aliphatic carbocycles. The molecule has 9 rings (SSSR count). The van der Waals surface area contributed by atoms with Crippen LogP contribution in [0.3, 0.4) is 0 Å². The number of para-hydroxylation sites is 4. The highest BCUT2D eigenvalue weighted by atomic mass is 15.0. The maximum absolute atomic E-state index is 10.7. The quantitative estimate of drug-likeness (QED) is 0.199. The van der Waals surface area contributed by atoms with Crippen LogP contribution in [-0.2, 0) is 0 Å². The van der Waals surface area contributed by atoms with Crippen LogP contribution in [0.4, 0.5) is 0 Å². The lowest BCUT2D eigenvalue weighted by Gasteiger charge is -2.16. The van der Waals surface area contributed by atoms with Gasteiger partial charge >= 0.3 is 0 Å². The molecule has 9 aromatic rings. The lowest BCUT2D eigenvalue weighted by Crippen LogP contribution is -1.99. The van der Waals surface area contributed by atoms with Gasteiger partial charge in [-0.05, 0) is 54.1 Å². The van der Waals surface area contributed by atoms with Crippen LogP contribution in [0.15, 0.2) is 158 Å². The summed E-state index contributed by atoms with van der Waals surface area (Å²) >= 11 is 0. The molecule has 2 heterocycles. The third kappa shape index (κ3) is 4.07. The van der Waals surface area contributed by atoms with Crippen molar-refractivity contribution in [3.05, 3.63) is 169 Å². The Morgan fingerprint density at radius 1 is 0.396 bits per heavy atom. The topological polar surface area (TPSA) is 57.4 Å². The Hall–Kier alpha value is -6.88. The van der Waals surface area contributed by atoms with E-state index in [4.69, 9.17) is 0 Å². The Morgan fingerprint density at radius 3 is 1.58 bits per heavy atom. The molecule has 0 aliphatic rings. The molecule has 0 amide bonds. The van der Waals surface area contributed by atoms with Crippen molar-refractivity contribution in [3.63, 3.8) is 0 Å². The summed E-state index contributed by atoms with van der Waals surface area (Å²) in [5, 5.41) is 25.0. The number of fused-ring (bicyclic) bond motifs is 6. The first-order valence-corrected chi connectivity index (χ1v) is 15.9. The molecule has 7 aromatic carbocycles. The van der Waals surface area contributed by atoms with Gasteiger partial charge in [-0.25, -0.2) is 0 Å². The van der Waals surface area contributed by atoms with Gasteiger partial charge in [0.25, 0.3) is 0 Å². The van der Waals surface area contributed by atoms with Gasteiger partial charge in [-0.1, -0.05) is 109 Å². The number of hydrogen-bond donors (Lipinski definition) is 0. The van der Waals surface area contributed by atoms with E-state index in [0.29, 0.717) is 11.1 Å². The molecule has 0 bridgehead atoms. The number of hydrogen-bond acceptors (Lipinski definition) is 2. The van der Waals surface area contributed by atoms with Gasteiger partial charge in [0.1, 0.15) is 6.07 Å². The number of nitrogens with zero attached hydrogens (tertiary/aromatic N) is 4. The van der Waals surface area contributed by atoms with Crippen molar-refractivity contribution in [1.82, 2.24) is 9.13 Å². The van der Waals surface area contributed by atoms with E-state index in [1.807, 2.05) is 54.6 Å². The van der Waals surface area contributed by atoms with Crippen molar-refractivity contribution in [2.75, 3.05) is 0 Å². The Kier molecular flexibility index (Phi) is 6.22. The second kappa shape index (κ2) is 10.9. The molecule has 2 aromatic heterocycles. The van der Waals surface area contributed by atoms with Crippen molar-refractivity contribution < 1.29 is 0 Å². The van der Waals surface area contributed by atoms with Crippen LogP contribution in [0.1, 0.15) is 11.1 Å². The Labute approximate surface area is 277 Å². The molecule has 0 aliphatic heterocycles. The fourth-order valence-electron chi connectivity index (χ4n) is 7.32. The summed E-state index contributed by atoms with van der Waals surface area (Å²) in [5.74, 6) is 0. The molecule has 48 heavy (non-hydrogen) atoms. The number of nitriles is 2. The van der Waals surface area contributed by atoms with E-state index in [1.165, 1.54) is 10.8 Å². The minimum atomic E-state index is 0.625. The average Bonchev–Trinajstić information content (AvgIpc) is 3.67. The first-order chi connectivity index (χ1) is 23.7. The summed E-state index contributed by atoms with van der Waals surface area (Å²) in [7, 11) is 0. The van der Waals surface area contributed by atoms with Crippen LogP contribution in [0, 0.1) is 22.7 Å². The van der Waals surface area contributed by atoms with Crippen LogP contribution < -0.4 is 0 Å². The minimum Gasteiger partial charge on any atom is -0.309 e. The normalized spacial score (nSPS) is 11.3. The molecule has 4 heteroatoms. The predicted molar refractivity (Wildman–Crippen MR) is 195 cm³/mol.